The summed E-state index contributed by atoms with van der Waals surface area (Å²) in [6, 6.07) is 7.26. The normalized spacial score (nSPS) is 17.8. The van der Waals surface area contributed by atoms with E-state index in [-0.39, 0.29) is 29.9 Å². The third-order valence-corrected chi connectivity index (χ3v) is 8.12. The lowest BCUT2D eigenvalue weighted by Gasteiger charge is -2.29. The average Bonchev–Trinajstić information content (AvgIpc) is 3.42. The molecule has 2 saturated carbocycles. The Balaban J connectivity index is 1.56. The van der Waals surface area contributed by atoms with Crippen LogP contribution in [0, 0.1) is 5.92 Å². The van der Waals surface area contributed by atoms with Crippen LogP contribution in [0.25, 0.3) is 11.1 Å². The number of aryl methyl sites for hydroxylation is 1. The van der Waals surface area contributed by atoms with E-state index < -0.39 is 6.10 Å². The van der Waals surface area contributed by atoms with Crippen LogP contribution in [0.15, 0.2) is 30.5 Å². The number of nitrogen functional groups attached to an aromatic ring is 1. The third-order valence-electron chi connectivity index (χ3n) is 8.12. The van der Waals surface area contributed by atoms with Crippen LogP contribution in [-0.2, 0) is 25.5 Å². The summed E-state index contributed by atoms with van der Waals surface area (Å²) < 4.78 is 17.7. The monoisotopic (exact) mass is 552 g/mol. The standard InChI is InChI=1S/C32H44N2O6/c1-21(35)38-27(19-28(39-22(2)36)16-23-8-4-3-5-9-23)13-12-24-17-31(40-26-10-6-7-11-26)30(37)20-29(24)25-14-15-34-32(33)18-25/h14-15,17-18,20,23,26-28,37H,3-13,16,19H2,1-2H3,(H2,33,34)/t27-,28+/m1/s1. The molecule has 0 saturated heterocycles. The van der Waals surface area contributed by atoms with E-state index in [4.69, 9.17) is 19.9 Å². The Bertz CT molecular complexity index is 1140. The van der Waals surface area contributed by atoms with E-state index in [9.17, 15) is 14.7 Å². The summed E-state index contributed by atoms with van der Waals surface area (Å²) in [7, 11) is 0. The molecule has 2 aromatic rings. The number of carbonyl (C=O) groups excluding carboxylic acids is 2. The maximum atomic E-state index is 12.1. The summed E-state index contributed by atoms with van der Waals surface area (Å²) in [5.41, 5.74) is 8.58. The van der Waals surface area contributed by atoms with Crippen molar-refractivity contribution in [2.45, 2.75) is 116 Å². The summed E-state index contributed by atoms with van der Waals surface area (Å²) >= 11 is 0. The Kier molecular flexibility index (Phi) is 10.7. The Morgan fingerprint density at radius 1 is 0.975 bits per heavy atom. The van der Waals surface area contributed by atoms with E-state index in [2.05, 4.69) is 4.98 Å². The fourth-order valence-corrected chi connectivity index (χ4v) is 6.27. The quantitative estimate of drug-likeness (QED) is 0.286. The Morgan fingerprint density at radius 3 is 2.33 bits per heavy atom. The molecule has 40 heavy (non-hydrogen) atoms. The van der Waals surface area contributed by atoms with Crippen molar-refractivity contribution in [2.24, 2.45) is 5.92 Å². The van der Waals surface area contributed by atoms with Gasteiger partial charge in [0.1, 0.15) is 18.0 Å². The van der Waals surface area contributed by atoms with E-state index in [1.165, 1.54) is 33.1 Å². The topological polar surface area (TPSA) is 121 Å². The molecule has 0 unspecified atom stereocenters. The van der Waals surface area contributed by atoms with Crippen molar-refractivity contribution < 1.29 is 28.9 Å². The maximum absolute atomic E-state index is 12.1. The molecule has 2 aliphatic carbocycles. The number of phenolic OH excluding ortho intramolecular Hbond substituents is 1. The first-order valence-corrected chi connectivity index (χ1v) is 14.9. The van der Waals surface area contributed by atoms with Crippen LogP contribution in [-0.4, -0.2) is 40.3 Å². The molecule has 4 rings (SSSR count). The number of hydrogen-bond acceptors (Lipinski definition) is 8. The number of aromatic hydroxyl groups is 1. The zero-order chi connectivity index (χ0) is 28.5. The number of esters is 2. The second-order valence-electron chi connectivity index (χ2n) is 11.4. The highest BCUT2D eigenvalue weighted by Crippen LogP contribution is 2.38. The maximum Gasteiger partial charge on any atom is 0.302 e. The number of benzene rings is 1. The van der Waals surface area contributed by atoms with Crippen LogP contribution in [0.3, 0.4) is 0 Å². The van der Waals surface area contributed by atoms with E-state index in [1.54, 1.807) is 18.3 Å². The second-order valence-corrected chi connectivity index (χ2v) is 11.4. The molecule has 2 fully saturated rings. The number of pyridine rings is 1. The van der Waals surface area contributed by atoms with E-state index in [0.29, 0.717) is 36.7 Å². The van der Waals surface area contributed by atoms with Gasteiger partial charge in [-0.2, -0.15) is 0 Å². The van der Waals surface area contributed by atoms with Gasteiger partial charge in [-0.15, -0.1) is 0 Å². The largest absolute Gasteiger partial charge is 0.504 e. The summed E-state index contributed by atoms with van der Waals surface area (Å²) in [6.45, 7) is 2.85. The number of nitrogens with zero attached hydrogens (tertiary/aromatic N) is 1. The molecule has 3 N–H and O–H groups in total. The number of aromatic nitrogens is 1. The zero-order valence-electron chi connectivity index (χ0n) is 23.9. The minimum atomic E-state index is -0.422. The van der Waals surface area contributed by atoms with E-state index in [0.717, 1.165) is 61.6 Å². The molecule has 2 aliphatic rings. The Hall–Kier alpha value is -3.29. The van der Waals surface area contributed by atoms with Gasteiger partial charge in [-0.1, -0.05) is 32.1 Å². The van der Waals surface area contributed by atoms with Gasteiger partial charge in [0, 0.05) is 26.5 Å². The first-order valence-electron chi connectivity index (χ1n) is 14.9. The SMILES string of the molecule is CC(=O)O[C@H](CCc1cc(OC2CCCC2)c(O)cc1-c1ccnc(N)c1)C[C@H](CC1CCCCC1)OC(C)=O. The molecular formula is C32H44N2O6. The predicted molar refractivity (Wildman–Crippen MR) is 154 cm³/mol. The van der Waals surface area contributed by atoms with Crippen molar-refractivity contribution in [3.05, 3.63) is 36.0 Å². The molecule has 8 heteroatoms. The molecule has 1 heterocycles. The first-order chi connectivity index (χ1) is 19.3. The van der Waals surface area contributed by atoms with Crippen LogP contribution in [0.4, 0.5) is 5.82 Å². The number of rotatable bonds is 12. The summed E-state index contributed by atoms with van der Waals surface area (Å²) in [6.07, 6.45) is 13.5. The van der Waals surface area contributed by atoms with Crippen LogP contribution >= 0.6 is 0 Å². The van der Waals surface area contributed by atoms with Crippen LogP contribution in [0.2, 0.25) is 0 Å². The molecule has 0 amide bonds. The Morgan fingerprint density at radius 2 is 1.65 bits per heavy atom. The second kappa shape index (κ2) is 14.4. The number of anilines is 1. The highest BCUT2D eigenvalue weighted by atomic mass is 16.6. The highest BCUT2D eigenvalue weighted by Gasteiger charge is 2.27. The zero-order valence-corrected chi connectivity index (χ0v) is 23.9. The molecule has 0 aliphatic heterocycles. The molecule has 218 valence electrons. The number of nitrogens with two attached hydrogens (primary N) is 1. The fourth-order valence-electron chi connectivity index (χ4n) is 6.27. The van der Waals surface area contributed by atoms with Gasteiger partial charge in [0.05, 0.1) is 6.10 Å². The van der Waals surface area contributed by atoms with Gasteiger partial charge in [0.2, 0.25) is 0 Å². The van der Waals surface area contributed by atoms with Gasteiger partial charge < -0.3 is 25.1 Å². The van der Waals surface area contributed by atoms with E-state index in [1.807, 2.05) is 12.1 Å². The van der Waals surface area contributed by atoms with Gasteiger partial charge in [0.15, 0.2) is 11.5 Å². The van der Waals surface area contributed by atoms with E-state index >= 15 is 0 Å². The van der Waals surface area contributed by atoms with Crippen molar-refractivity contribution in [2.75, 3.05) is 5.73 Å². The first kappa shape index (κ1) is 29.7. The van der Waals surface area contributed by atoms with Crippen molar-refractivity contribution in [1.29, 1.82) is 0 Å². The molecule has 2 atom stereocenters. The van der Waals surface area contributed by atoms with Crippen LogP contribution in [0.1, 0.15) is 96.5 Å². The van der Waals surface area contributed by atoms with Gasteiger partial charge >= 0.3 is 11.9 Å². The number of carbonyl (C=O) groups is 2. The smallest absolute Gasteiger partial charge is 0.302 e. The summed E-state index contributed by atoms with van der Waals surface area (Å²) in [4.78, 5) is 28.1. The number of hydrogen-bond donors (Lipinski definition) is 2. The average molecular weight is 553 g/mol. The van der Waals surface area contributed by atoms with Crippen molar-refractivity contribution in [3.8, 4) is 22.6 Å². The van der Waals surface area contributed by atoms with Crippen molar-refractivity contribution in [3.63, 3.8) is 0 Å². The van der Waals surface area contributed by atoms with Crippen LogP contribution < -0.4 is 10.5 Å². The molecule has 8 nitrogen and oxygen atoms in total. The molecule has 0 radical (unpaired) electrons. The van der Waals surface area contributed by atoms with Crippen molar-refractivity contribution in [1.82, 2.24) is 4.98 Å². The molecule has 1 aromatic carbocycles. The fraction of sp³-hybridized carbons (Fsp3) is 0.594. The minimum Gasteiger partial charge on any atom is -0.504 e. The molecular weight excluding hydrogens is 508 g/mol. The number of phenols is 1. The lowest BCUT2D eigenvalue weighted by atomic mass is 9.84. The van der Waals surface area contributed by atoms with Gasteiger partial charge in [-0.05, 0) is 91.8 Å². The Labute approximate surface area is 237 Å². The van der Waals surface area contributed by atoms with Crippen molar-refractivity contribution >= 4 is 17.8 Å². The molecule has 0 spiro atoms. The number of ether oxygens (including phenoxy) is 3. The van der Waals surface area contributed by atoms with Crippen LogP contribution in [0.5, 0.6) is 11.5 Å². The minimum absolute atomic E-state index is 0.0833. The summed E-state index contributed by atoms with van der Waals surface area (Å²) in [5.74, 6) is 0.785. The molecule has 1 aromatic heterocycles. The predicted octanol–water partition coefficient (Wildman–Crippen LogP) is 6.51. The third kappa shape index (κ3) is 8.86. The highest BCUT2D eigenvalue weighted by molar-refractivity contribution is 5.72. The van der Waals surface area contributed by atoms with Gasteiger partial charge in [-0.25, -0.2) is 4.98 Å². The summed E-state index contributed by atoms with van der Waals surface area (Å²) in [5, 5.41) is 10.9. The molecule has 0 bridgehead atoms. The van der Waals surface area contributed by atoms with Gasteiger partial charge in [0.25, 0.3) is 0 Å². The lowest BCUT2D eigenvalue weighted by molar-refractivity contribution is -0.153. The van der Waals surface area contributed by atoms with Gasteiger partial charge in [-0.3, -0.25) is 9.59 Å². The lowest BCUT2D eigenvalue weighted by Crippen LogP contribution is -2.29.